The molecule has 0 rings (SSSR count). The van der Waals surface area contributed by atoms with Crippen molar-refractivity contribution in [2.45, 2.75) is 24.4 Å². The molecule has 0 heterocycles. The summed E-state index contributed by atoms with van der Waals surface area (Å²) in [7, 11) is -5.30. The first-order valence-electron chi connectivity index (χ1n) is 4.03. The number of phosphoric ester groups is 1. The quantitative estimate of drug-likeness (QED) is 0.187. The Morgan fingerprint density at radius 2 is 1.38 bits per heavy atom. The van der Waals surface area contributed by atoms with Crippen molar-refractivity contribution in [3.63, 3.8) is 0 Å². The fraction of sp³-hybridized carbons (Fsp3) is 0.833. The molecule has 0 aromatic rings. The number of carbonyl (C=O) groups excluding carboxylic acids is 1. The summed E-state index contributed by atoms with van der Waals surface area (Å²) >= 11 is 0. The molecule has 0 aromatic carbocycles. The van der Waals surface area contributed by atoms with Crippen LogP contribution in [-0.2, 0) is 13.9 Å². The Balaban J connectivity index is -0.000000112. The molecule has 0 radical (unpaired) electrons. The second kappa shape index (κ2) is 17.1. The van der Waals surface area contributed by atoms with Gasteiger partial charge in [-0.3, -0.25) is 0 Å². The number of carbonyl (C=O) groups is 1. The van der Waals surface area contributed by atoms with Crippen LogP contribution in [0.15, 0.2) is 0 Å². The van der Waals surface area contributed by atoms with Gasteiger partial charge in [-0.2, -0.15) is 0 Å². The Morgan fingerprint density at radius 1 is 1.00 bits per heavy atom. The molecule has 0 bridgehead atoms. The van der Waals surface area contributed by atoms with Gasteiger partial charge in [0.2, 0.25) is 0 Å². The maximum Gasteiger partial charge on any atom is 2.00 e. The summed E-state index contributed by atoms with van der Waals surface area (Å²) in [6, 6.07) is 0. The van der Waals surface area contributed by atoms with Crippen molar-refractivity contribution in [1.82, 2.24) is 0 Å². The third-order valence-corrected chi connectivity index (χ3v) is 2.10. The molecule has 0 saturated heterocycles. The van der Waals surface area contributed by atoms with Gasteiger partial charge in [0, 0.05) is 0 Å². The average molecular weight is 370 g/mol. The summed E-state index contributed by atoms with van der Waals surface area (Å²) in [6.45, 7) is -1.09. The maximum absolute atomic E-state index is 10.0. The van der Waals surface area contributed by atoms with E-state index in [0.717, 1.165) is 0 Å². The van der Waals surface area contributed by atoms with Crippen molar-refractivity contribution in [2.75, 3.05) is 6.61 Å². The summed E-state index contributed by atoms with van der Waals surface area (Å²) in [5, 5.41) is 35.9. The van der Waals surface area contributed by atoms with E-state index < -0.39 is 38.8 Å². The molecule has 0 spiro atoms. The first-order valence-corrected chi connectivity index (χ1v) is 5.49. The molecule has 0 amide bonds. The van der Waals surface area contributed by atoms with Gasteiger partial charge in [-0.25, -0.2) is 0 Å². The van der Waals surface area contributed by atoms with Gasteiger partial charge >= 0.3 is 37.7 Å². The molecule has 21 heavy (non-hydrogen) atoms. The fourth-order valence-corrected chi connectivity index (χ4v) is 1.11. The number of aliphatic hydroxyl groups excluding tert-OH is 4. The molecular weight excluding hydrogens is 351 g/mol. The van der Waals surface area contributed by atoms with Crippen LogP contribution in [0.5, 0.6) is 0 Å². The Labute approximate surface area is 148 Å². The molecule has 15 heteroatoms. The summed E-state index contributed by atoms with van der Waals surface area (Å²) in [5.74, 6) is 0. The molecule has 0 aliphatic heterocycles. The van der Waals surface area contributed by atoms with Crippen LogP contribution < -0.4 is 9.79 Å². The Hall–Kier alpha value is 0.720. The van der Waals surface area contributed by atoms with Crippen LogP contribution in [0.2, 0.25) is 0 Å². The monoisotopic (exact) mass is 370 g/mol. The van der Waals surface area contributed by atoms with Gasteiger partial charge in [-0.1, -0.05) is 0 Å². The van der Waals surface area contributed by atoms with Gasteiger partial charge in [-0.15, -0.1) is 0 Å². The number of hydrogen-bond donors (Lipinski definition) is 4. The minimum Gasteiger partial charge on any atom is -0.790 e. The Morgan fingerprint density at radius 3 is 1.67 bits per heavy atom. The average Bonchev–Trinajstić information content (AvgIpc) is 2.21. The van der Waals surface area contributed by atoms with Gasteiger partial charge in [0.15, 0.2) is 6.29 Å². The molecule has 0 unspecified atom stereocenters. The smallest absolute Gasteiger partial charge is 0.790 e. The van der Waals surface area contributed by atoms with Crippen LogP contribution in [0.1, 0.15) is 0 Å². The van der Waals surface area contributed by atoms with Crippen LogP contribution in [0, 0.1) is 0 Å². The van der Waals surface area contributed by atoms with Crippen molar-refractivity contribution < 1.29 is 66.0 Å². The van der Waals surface area contributed by atoms with Gasteiger partial charge in [-0.05, 0) is 0 Å². The van der Waals surface area contributed by atoms with Crippen LogP contribution >= 0.6 is 7.82 Å². The normalized spacial score (nSPS) is 15.1. The van der Waals surface area contributed by atoms with Gasteiger partial charge in [0.05, 0.1) is 14.4 Å². The zero-order valence-electron chi connectivity index (χ0n) is 10.6. The molecule has 0 aliphatic rings. The van der Waals surface area contributed by atoms with Crippen LogP contribution in [-0.4, -0.2) is 117 Å². The molecule has 0 aromatic heterocycles. The Kier molecular flexibility index (Phi) is 30.7. The minimum atomic E-state index is -5.30. The molecule has 0 fully saturated rings. The van der Waals surface area contributed by atoms with E-state index in [-0.39, 0.29) is 65.9 Å². The standard InChI is InChI=1S/C6H13O9P.Ca.4H2O/c7-1-3(8)5(10)6(11)4(9)2-15-16(12,13)14;;;;;/h1,3-6,8-11H,2H2,(H2,12,13,14);;4*1H2/q;+2;;;;/p-2/t3-,4+,5+,6+;;;;;/m0...../s1. The molecule has 4 atom stereocenters. The first kappa shape index (κ1) is 37.7. The van der Waals surface area contributed by atoms with Crippen molar-refractivity contribution >= 4 is 51.8 Å². The van der Waals surface area contributed by atoms with E-state index in [1.54, 1.807) is 0 Å². The molecular formula is C6H19CaO13P. The third-order valence-electron chi connectivity index (χ3n) is 1.64. The van der Waals surface area contributed by atoms with E-state index in [2.05, 4.69) is 4.52 Å². The second-order valence-electron chi connectivity index (χ2n) is 2.92. The number of rotatable bonds is 7. The van der Waals surface area contributed by atoms with E-state index in [1.807, 2.05) is 0 Å². The summed E-state index contributed by atoms with van der Waals surface area (Å²) < 4.78 is 13.6. The van der Waals surface area contributed by atoms with Crippen LogP contribution in [0.25, 0.3) is 0 Å². The van der Waals surface area contributed by atoms with Crippen molar-refractivity contribution in [2.24, 2.45) is 0 Å². The van der Waals surface area contributed by atoms with E-state index in [4.69, 9.17) is 20.4 Å². The largest absolute Gasteiger partial charge is 2.00 e. The third kappa shape index (κ3) is 16.9. The van der Waals surface area contributed by atoms with E-state index >= 15 is 0 Å². The number of aldehydes is 1. The minimum absolute atomic E-state index is 0. The first-order chi connectivity index (χ1) is 7.19. The van der Waals surface area contributed by atoms with Crippen LogP contribution in [0.3, 0.4) is 0 Å². The van der Waals surface area contributed by atoms with E-state index in [0.29, 0.717) is 0 Å². The van der Waals surface area contributed by atoms with E-state index in [1.165, 1.54) is 0 Å². The predicted molar refractivity (Wildman–Crippen MR) is 63.9 cm³/mol. The van der Waals surface area contributed by atoms with Crippen molar-refractivity contribution in [3.8, 4) is 0 Å². The van der Waals surface area contributed by atoms with Crippen molar-refractivity contribution in [3.05, 3.63) is 0 Å². The number of phosphoric acid groups is 1. The fourth-order valence-electron chi connectivity index (χ4n) is 0.776. The molecule has 0 saturated carbocycles. The molecule has 0 aliphatic carbocycles. The van der Waals surface area contributed by atoms with Gasteiger partial charge in [0.25, 0.3) is 0 Å². The van der Waals surface area contributed by atoms with Crippen LogP contribution in [0.4, 0.5) is 0 Å². The zero-order valence-corrected chi connectivity index (χ0v) is 13.7. The number of hydrogen-bond acceptors (Lipinski definition) is 9. The topological polar surface area (TPSA) is 296 Å². The Bertz CT molecular complexity index is 271. The van der Waals surface area contributed by atoms with Gasteiger partial charge in [0.1, 0.15) is 24.4 Å². The summed E-state index contributed by atoms with van der Waals surface area (Å²) in [6.07, 6.45) is -8.04. The SMILES string of the molecule is O.O.O.O.O=C[C@H](O)[C@@H](O)[C@H](O)[C@H](O)COP(=O)([O-])[O-].[Ca+2]. The molecule has 13 nitrogen and oxygen atoms in total. The maximum atomic E-state index is 10.0. The van der Waals surface area contributed by atoms with Crippen molar-refractivity contribution in [1.29, 1.82) is 0 Å². The second-order valence-corrected chi connectivity index (χ2v) is 4.07. The molecule has 128 valence electrons. The zero-order chi connectivity index (χ0) is 12.9. The predicted octanol–water partition coefficient (Wildman–Crippen LogP) is -8.21. The van der Waals surface area contributed by atoms with Gasteiger partial charge < -0.3 is 66.0 Å². The summed E-state index contributed by atoms with van der Waals surface area (Å²) in [5.41, 5.74) is 0. The number of aliphatic hydroxyl groups is 4. The van der Waals surface area contributed by atoms with E-state index in [9.17, 15) is 19.1 Å². The summed E-state index contributed by atoms with van der Waals surface area (Å²) in [4.78, 5) is 30.0. The molecule has 12 N–H and O–H groups in total.